The van der Waals surface area contributed by atoms with E-state index in [4.69, 9.17) is 0 Å². The lowest BCUT2D eigenvalue weighted by atomic mass is 10.1. The molecule has 3 aromatic rings. The number of thioether (sulfide) groups is 1. The monoisotopic (exact) mass is 393 g/mol. The normalized spacial score (nSPS) is 14.4. The summed E-state index contributed by atoms with van der Waals surface area (Å²) in [6, 6.07) is 18.9. The van der Waals surface area contributed by atoms with Gasteiger partial charge in [0.25, 0.3) is 0 Å². The Morgan fingerprint density at radius 1 is 1.07 bits per heavy atom. The van der Waals surface area contributed by atoms with Crippen molar-refractivity contribution >= 4 is 23.6 Å². The van der Waals surface area contributed by atoms with E-state index in [9.17, 15) is 14.7 Å². The summed E-state index contributed by atoms with van der Waals surface area (Å²) in [7, 11) is 0. The number of benzene rings is 2. The van der Waals surface area contributed by atoms with E-state index in [0.717, 1.165) is 18.4 Å². The molecule has 1 fully saturated rings. The summed E-state index contributed by atoms with van der Waals surface area (Å²) in [5, 5.41) is 12.6. The Morgan fingerprint density at radius 2 is 1.71 bits per heavy atom. The molecule has 2 aromatic carbocycles. The molecule has 1 atom stereocenters. The van der Waals surface area contributed by atoms with Gasteiger partial charge in [-0.05, 0) is 30.5 Å². The number of nitrogens with zero attached hydrogens (tertiary/aromatic N) is 2. The molecule has 1 amide bonds. The van der Waals surface area contributed by atoms with Crippen LogP contribution in [0.4, 0.5) is 0 Å². The van der Waals surface area contributed by atoms with Crippen LogP contribution in [0.1, 0.15) is 34.1 Å². The number of amides is 1. The summed E-state index contributed by atoms with van der Waals surface area (Å²) in [6.45, 7) is 0. The van der Waals surface area contributed by atoms with Gasteiger partial charge in [0.1, 0.15) is 5.25 Å². The summed E-state index contributed by atoms with van der Waals surface area (Å²) >= 11 is 1.26. The van der Waals surface area contributed by atoms with Crippen LogP contribution in [0.15, 0.2) is 72.0 Å². The maximum absolute atomic E-state index is 12.9. The van der Waals surface area contributed by atoms with E-state index in [-0.39, 0.29) is 17.6 Å². The van der Waals surface area contributed by atoms with E-state index in [1.165, 1.54) is 18.0 Å². The molecule has 1 unspecified atom stereocenters. The van der Waals surface area contributed by atoms with E-state index in [0.29, 0.717) is 10.8 Å². The minimum Gasteiger partial charge on any atom is -0.477 e. The molecule has 7 heteroatoms. The Kier molecular flexibility index (Phi) is 5.16. The molecule has 0 spiro atoms. The van der Waals surface area contributed by atoms with Crippen LogP contribution in [0.25, 0.3) is 5.69 Å². The van der Waals surface area contributed by atoms with E-state index in [1.807, 2.05) is 60.7 Å². The second kappa shape index (κ2) is 7.90. The predicted octanol–water partition coefficient (Wildman–Crippen LogP) is 3.68. The third kappa shape index (κ3) is 3.94. The molecule has 4 rings (SSSR count). The highest BCUT2D eigenvalue weighted by atomic mass is 32.2. The molecule has 1 aliphatic rings. The van der Waals surface area contributed by atoms with Crippen molar-refractivity contribution in [3.8, 4) is 5.69 Å². The SMILES string of the molecule is O=C(O)c1cnc(SC(C(=O)NC2CC2)c2ccccc2)n1-c1ccccc1. The molecule has 0 radical (unpaired) electrons. The molecular formula is C21H19N3O3S. The second-order valence-corrected chi connectivity index (χ2v) is 7.67. The first-order chi connectivity index (χ1) is 13.6. The average molecular weight is 393 g/mol. The summed E-state index contributed by atoms with van der Waals surface area (Å²) in [5.74, 6) is -1.15. The molecule has 1 aromatic heterocycles. The van der Waals surface area contributed by atoms with Gasteiger partial charge in [-0.2, -0.15) is 0 Å². The van der Waals surface area contributed by atoms with Crippen molar-refractivity contribution in [2.45, 2.75) is 29.3 Å². The molecule has 1 heterocycles. The number of nitrogens with one attached hydrogen (secondary N) is 1. The van der Waals surface area contributed by atoms with Crippen molar-refractivity contribution in [1.82, 2.24) is 14.9 Å². The molecule has 28 heavy (non-hydrogen) atoms. The van der Waals surface area contributed by atoms with E-state index >= 15 is 0 Å². The van der Waals surface area contributed by atoms with Crippen LogP contribution in [0.3, 0.4) is 0 Å². The Labute approximate surface area is 166 Å². The first-order valence-electron chi connectivity index (χ1n) is 9.02. The molecule has 6 nitrogen and oxygen atoms in total. The van der Waals surface area contributed by atoms with Crippen molar-refractivity contribution in [3.63, 3.8) is 0 Å². The Hall–Kier alpha value is -3.06. The molecular weight excluding hydrogens is 374 g/mol. The second-order valence-electron chi connectivity index (χ2n) is 6.59. The van der Waals surface area contributed by atoms with E-state index < -0.39 is 11.2 Å². The maximum Gasteiger partial charge on any atom is 0.354 e. The lowest BCUT2D eigenvalue weighted by Gasteiger charge is -2.18. The minimum atomic E-state index is -1.07. The number of hydrogen-bond donors (Lipinski definition) is 2. The minimum absolute atomic E-state index is 0.0584. The number of imidazole rings is 1. The fourth-order valence-corrected chi connectivity index (χ4v) is 4.01. The maximum atomic E-state index is 12.9. The average Bonchev–Trinajstić information content (AvgIpc) is 3.42. The summed E-state index contributed by atoms with van der Waals surface area (Å²) in [6.07, 6.45) is 3.33. The van der Waals surface area contributed by atoms with Gasteiger partial charge >= 0.3 is 5.97 Å². The quantitative estimate of drug-likeness (QED) is 0.598. The van der Waals surface area contributed by atoms with Crippen LogP contribution < -0.4 is 5.32 Å². The Morgan fingerprint density at radius 3 is 2.32 bits per heavy atom. The van der Waals surface area contributed by atoms with Gasteiger partial charge in [-0.15, -0.1) is 0 Å². The highest BCUT2D eigenvalue weighted by molar-refractivity contribution is 8.00. The topological polar surface area (TPSA) is 84.2 Å². The molecule has 0 saturated heterocycles. The number of para-hydroxylation sites is 1. The third-order valence-electron chi connectivity index (χ3n) is 4.45. The van der Waals surface area contributed by atoms with E-state index in [1.54, 1.807) is 4.57 Å². The first-order valence-corrected chi connectivity index (χ1v) is 9.90. The van der Waals surface area contributed by atoms with Gasteiger partial charge in [0.05, 0.1) is 6.20 Å². The first kappa shape index (κ1) is 18.3. The zero-order chi connectivity index (χ0) is 19.5. The molecule has 0 aliphatic heterocycles. The lowest BCUT2D eigenvalue weighted by molar-refractivity contribution is -0.120. The van der Waals surface area contributed by atoms with Crippen LogP contribution in [0.2, 0.25) is 0 Å². The molecule has 1 aliphatic carbocycles. The van der Waals surface area contributed by atoms with Gasteiger partial charge in [-0.3, -0.25) is 9.36 Å². The van der Waals surface area contributed by atoms with Crippen LogP contribution in [0, 0.1) is 0 Å². The van der Waals surface area contributed by atoms with Crippen molar-refractivity contribution < 1.29 is 14.7 Å². The highest BCUT2D eigenvalue weighted by Crippen LogP contribution is 2.37. The number of rotatable bonds is 7. The van der Waals surface area contributed by atoms with Gasteiger partial charge in [0.2, 0.25) is 5.91 Å². The summed E-state index contributed by atoms with van der Waals surface area (Å²) in [4.78, 5) is 28.9. The number of carboxylic acid groups (broad SMARTS) is 1. The summed E-state index contributed by atoms with van der Waals surface area (Å²) in [5.41, 5.74) is 1.60. The van der Waals surface area contributed by atoms with Crippen LogP contribution in [0.5, 0.6) is 0 Å². The van der Waals surface area contributed by atoms with Crippen LogP contribution in [-0.2, 0) is 4.79 Å². The number of carboxylic acids is 1. The largest absolute Gasteiger partial charge is 0.477 e. The molecule has 142 valence electrons. The zero-order valence-corrected chi connectivity index (χ0v) is 15.8. The summed E-state index contributed by atoms with van der Waals surface area (Å²) < 4.78 is 1.58. The van der Waals surface area contributed by atoms with Gasteiger partial charge < -0.3 is 10.4 Å². The predicted molar refractivity (Wildman–Crippen MR) is 107 cm³/mol. The molecule has 2 N–H and O–H groups in total. The van der Waals surface area contributed by atoms with Crippen molar-refractivity contribution in [1.29, 1.82) is 0 Å². The smallest absolute Gasteiger partial charge is 0.354 e. The molecule has 1 saturated carbocycles. The van der Waals surface area contributed by atoms with Crippen LogP contribution in [-0.4, -0.2) is 32.6 Å². The number of hydrogen-bond acceptors (Lipinski definition) is 4. The number of carbonyl (C=O) groups excluding carboxylic acids is 1. The fourth-order valence-electron chi connectivity index (χ4n) is 2.91. The van der Waals surface area contributed by atoms with Crippen molar-refractivity contribution in [2.75, 3.05) is 0 Å². The Balaban J connectivity index is 1.72. The number of aromatic nitrogens is 2. The van der Waals surface area contributed by atoms with Crippen molar-refractivity contribution in [3.05, 3.63) is 78.1 Å². The van der Waals surface area contributed by atoms with Crippen LogP contribution >= 0.6 is 11.8 Å². The van der Waals surface area contributed by atoms with E-state index in [2.05, 4.69) is 10.3 Å². The number of carbonyl (C=O) groups is 2. The standard InChI is InChI=1S/C21H19N3O3S/c25-19(23-15-11-12-15)18(14-7-3-1-4-8-14)28-21-22-13-17(20(26)27)24(21)16-9-5-2-6-10-16/h1-10,13,15,18H,11-12H2,(H,23,25)(H,26,27). The van der Waals surface area contributed by atoms with Crippen molar-refractivity contribution in [2.24, 2.45) is 0 Å². The fraction of sp³-hybridized carbons (Fsp3) is 0.190. The third-order valence-corrected chi connectivity index (χ3v) is 5.67. The highest BCUT2D eigenvalue weighted by Gasteiger charge is 2.31. The molecule has 0 bridgehead atoms. The lowest BCUT2D eigenvalue weighted by Crippen LogP contribution is -2.30. The van der Waals surface area contributed by atoms with Gasteiger partial charge in [0.15, 0.2) is 10.9 Å². The van der Waals surface area contributed by atoms with Gasteiger partial charge in [-0.1, -0.05) is 60.3 Å². The van der Waals surface area contributed by atoms with Gasteiger partial charge in [0, 0.05) is 11.7 Å². The van der Waals surface area contributed by atoms with Gasteiger partial charge in [-0.25, -0.2) is 9.78 Å². The Bertz CT molecular complexity index is 985. The zero-order valence-electron chi connectivity index (χ0n) is 15.0. The number of aromatic carboxylic acids is 1.